The van der Waals surface area contributed by atoms with Gasteiger partial charge in [-0.2, -0.15) is 0 Å². The van der Waals surface area contributed by atoms with Crippen LogP contribution in [0.3, 0.4) is 0 Å². The average Bonchev–Trinajstić information content (AvgIpc) is 3.59. The maximum Gasteiger partial charge on any atom is 0.407 e. The Labute approximate surface area is 341 Å². The zero-order valence-corrected chi connectivity index (χ0v) is 33.6. The maximum atomic E-state index is 14.6. The van der Waals surface area contributed by atoms with E-state index in [1.807, 2.05) is 92.7 Å². The summed E-state index contributed by atoms with van der Waals surface area (Å²) in [5.74, 6) is -1.06. The molecule has 1 fully saturated rings. The summed E-state index contributed by atoms with van der Waals surface area (Å²) in [6.45, 7) is 4.04. The minimum atomic E-state index is -1.06. The second-order valence-corrected chi connectivity index (χ2v) is 16.4. The first kappa shape index (κ1) is 39.9. The molecule has 5 aromatic rings. The number of rotatable bonds is 15. The topological polar surface area (TPSA) is 93.7 Å². The molecule has 0 radical (unpaired) electrons. The molecule has 2 aliphatic rings. The molecule has 0 saturated heterocycles. The van der Waals surface area contributed by atoms with E-state index in [-0.39, 0.29) is 30.3 Å². The van der Waals surface area contributed by atoms with E-state index in [4.69, 9.17) is 9.47 Å². The van der Waals surface area contributed by atoms with Crippen molar-refractivity contribution in [3.8, 4) is 11.1 Å². The molecule has 5 aromatic carbocycles. The number of hydrogen-bond donors (Lipinski definition) is 2. The molecule has 0 aromatic heterocycles. The van der Waals surface area contributed by atoms with Gasteiger partial charge in [0, 0.05) is 11.7 Å². The van der Waals surface area contributed by atoms with E-state index in [1.54, 1.807) is 11.8 Å². The Kier molecular flexibility index (Phi) is 13.1. The Balaban J connectivity index is 1.18. The first-order valence-corrected chi connectivity index (χ1v) is 21.3. The molecule has 3 atom stereocenters. The van der Waals surface area contributed by atoms with Crippen molar-refractivity contribution in [2.45, 2.75) is 81.2 Å². The third kappa shape index (κ3) is 8.97. The van der Waals surface area contributed by atoms with Crippen LogP contribution in [0.4, 0.5) is 4.79 Å². The zero-order chi connectivity index (χ0) is 39.6. The summed E-state index contributed by atoms with van der Waals surface area (Å²) < 4.78 is 11.3. The summed E-state index contributed by atoms with van der Waals surface area (Å²) in [7, 11) is 0. The van der Waals surface area contributed by atoms with Crippen LogP contribution in [0.1, 0.15) is 86.1 Å². The van der Waals surface area contributed by atoms with Crippen LogP contribution in [0.5, 0.6) is 0 Å². The molecule has 7 nitrogen and oxygen atoms in total. The second-order valence-electron chi connectivity index (χ2n) is 15.2. The maximum absolute atomic E-state index is 14.6. The lowest BCUT2D eigenvalue weighted by Crippen LogP contribution is -2.55. The van der Waals surface area contributed by atoms with Gasteiger partial charge in [-0.05, 0) is 70.5 Å². The number of ether oxygens (including phenoxy) is 2. The molecule has 7 rings (SSSR count). The molecular weight excluding hydrogens is 729 g/mol. The predicted molar refractivity (Wildman–Crippen MR) is 228 cm³/mol. The van der Waals surface area contributed by atoms with E-state index < -0.39 is 34.8 Å². The molecule has 2 N–H and O–H groups in total. The lowest BCUT2D eigenvalue weighted by molar-refractivity contribution is -0.156. The number of carbonyl (C=O) groups excluding carboxylic acids is 3. The van der Waals surface area contributed by atoms with Crippen molar-refractivity contribution in [1.82, 2.24) is 10.6 Å². The average molecular weight is 781 g/mol. The van der Waals surface area contributed by atoms with Gasteiger partial charge in [0.25, 0.3) is 0 Å². The van der Waals surface area contributed by atoms with Gasteiger partial charge in [-0.3, -0.25) is 4.79 Å². The zero-order valence-electron chi connectivity index (χ0n) is 32.8. The van der Waals surface area contributed by atoms with Gasteiger partial charge in [0.1, 0.15) is 24.8 Å². The van der Waals surface area contributed by atoms with Crippen molar-refractivity contribution < 1.29 is 23.9 Å². The molecular formula is C49H52N2O5S. The largest absolute Gasteiger partial charge is 0.461 e. The van der Waals surface area contributed by atoms with Crippen molar-refractivity contribution in [2.75, 3.05) is 12.4 Å². The Morgan fingerprint density at radius 3 is 1.68 bits per heavy atom. The van der Waals surface area contributed by atoms with Gasteiger partial charge in [0.15, 0.2) is 0 Å². The molecule has 0 bridgehead atoms. The van der Waals surface area contributed by atoms with Crippen LogP contribution in [0.25, 0.3) is 11.1 Å². The fraction of sp³-hybridized carbons (Fsp3) is 0.327. The Hall–Kier alpha value is -5.34. The van der Waals surface area contributed by atoms with Gasteiger partial charge in [-0.15, -0.1) is 11.8 Å². The van der Waals surface area contributed by atoms with Crippen LogP contribution in [-0.2, 0) is 23.8 Å². The molecule has 2 amide bonds. The van der Waals surface area contributed by atoms with Gasteiger partial charge >= 0.3 is 12.1 Å². The van der Waals surface area contributed by atoms with E-state index in [1.165, 1.54) is 0 Å². The van der Waals surface area contributed by atoms with Crippen molar-refractivity contribution in [3.63, 3.8) is 0 Å². The number of amides is 2. The number of benzene rings is 5. The summed E-state index contributed by atoms with van der Waals surface area (Å²) >= 11 is 1.56. The quantitative estimate of drug-likeness (QED) is 0.0812. The highest BCUT2D eigenvalue weighted by molar-refractivity contribution is 8.00. The summed E-state index contributed by atoms with van der Waals surface area (Å²) in [5, 5.41) is 6.00. The first-order chi connectivity index (χ1) is 27.9. The van der Waals surface area contributed by atoms with Gasteiger partial charge in [-0.25, -0.2) is 9.59 Å². The van der Waals surface area contributed by atoms with Crippen LogP contribution >= 0.6 is 11.8 Å². The second kappa shape index (κ2) is 18.7. The minimum absolute atomic E-state index is 0.104. The highest BCUT2D eigenvalue weighted by Crippen LogP contribution is 2.49. The number of nitrogens with one attached hydrogen (secondary N) is 2. The van der Waals surface area contributed by atoms with Gasteiger partial charge in [0.2, 0.25) is 5.91 Å². The van der Waals surface area contributed by atoms with Crippen LogP contribution in [0.2, 0.25) is 0 Å². The monoisotopic (exact) mass is 780 g/mol. The smallest absolute Gasteiger partial charge is 0.407 e. The molecule has 0 aliphatic heterocycles. The molecule has 2 aliphatic carbocycles. The van der Waals surface area contributed by atoms with Crippen LogP contribution in [-0.4, -0.2) is 48.5 Å². The number of fused-ring (bicyclic) bond motifs is 3. The normalized spacial score (nSPS) is 15.7. The molecule has 0 unspecified atom stereocenters. The van der Waals surface area contributed by atoms with Gasteiger partial charge in [-0.1, -0.05) is 166 Å². The fourth-order valence-corrected chi connectivity index (χ4v) is 9.85. The fourth-order valence-electron chi connectivity index (χ4n) is 8.29. The van der Waals surface area contributed by atoms with E-state index in [0.29, 0.717) is 6.42 Å². The SMILES string of the molecule is CC[C@H](C)[C@H](NC(=O)[C@H](CSC(c1ccccc1)(c1ccccc1)c1ccccc1)NC(=O)OCC1c2ccccc2-c2ccccc21)C(=O)OC1CCCCC1. The third-order valence-corrected chi connectivity index (χ3v) is 13.2. The lowest BCUT2D eigenvalue weighted by Gasteiger charge is -2.36. The van der Waals surface area contributed by atoms with Gasteiger partial charge < -0.3 is 20.1 Å². The summed E-state index contributed by atoms with van der Waals surface area (Å²) in [6.07, 6.45) is 4.64. The van der Waals surface area contributed by atoms with Crippen LogP contribution in [0, 0.1) is 5.92 Å². The first-order valence-electron chi connectivity index (χ1n) is 20.3. The molecule has 8 heteroatoms. The molecule has 57 heavy (non-hydrogen) atoms. The number of thioether (sulfide) groups is 1. The minimum Gasteiger partial charge on any atom is -0.461 e. The Morgan fingerprint density at radius 2 is 1.18 bits per heavy atom. The van der Waals surface area contributed by atoms with Crippen molar-refractivity contribution in [1.29, 1.82) is 0 Å². The van der Waals surface area contributed by atoms with E-state index in [2.05, 4.69) is 71.3 Å². The highest BCUT2D eigenvalue weighted by Gasteiger charge is 2.40. The summed E-state index contributed by atoms with van der Waals surface area (Å²) in [4.78, 5) is 42.3. The van der Waals surface area contributed by atoms with Crippen molar-refractivity contribution in [3.05, 3.63) is 167 Å². The van der Waals surface area contributed by atoms with Crippen LogP contribution < -0.4 is 10.6 Å². The number of esters is 1. The van der Waals surface area contributed by atoms with Gasteiger partial charge in [0.05, 0.1) is 4.75 Å². The van der Waals surface area contributed by atoms with E-state index >= 15 is 0 Å². The Morgan fingerprint density at radius 1 is 0.684 bits per heavy atom. The molecule has 294 valence electrons. The van der Waals surface area contributed by atoms with E-state index in [9.17, 15) is 14.4 Å². The van der Waals surface area contributed by atoms with Crippen LogP contribution in [0.15, 0.2) is 140 Å². The number of alkyl carbamates (subject to hydrolysis) is 1. The number of carbonyl (C=O) groups is 3. The third-order valence-electron chi connectivity index (χ3n) is 11.6. The number of hydrogen-bond acceptors (Lipinski definition) is 6. The molecule has 1 saturated carbocycles. The standard InChI is InChI=1S/C49H52N2O5S/c1-3-34(2)45(47(53)56-38-26-14-7-15-27-38)51-46(52)44(50-48(54)55-32-43-41-30-18-16-28-39(41)40-29-17-19-31-42(40)43)33-57-49(35-20-8-4-9-21-35,36-22-10-5-11-23-36)37-24-12-6-13-25-37/h4-6,8-13,16-25,28-31,34,38,43-45H,3,7,14-15,26-27,32-33H2,1-2H3,(H,50,54)(H,51,52)/t34-,44-,45-/m0/s1. The highest BCUT2D eigenvalue weighted by atomic mass is 32.2. The van der Waals surface area contributed by atoms with Crippen molar-refractivity contribution >= 4 is 29.7 Å². The summed E-state index contributed by atoms with van der Waals surface area (Å²) in [5.41, 5.74) is 7.55. The Bertz CT molecular complexity index is 1960. The predicted octanol–water partition coefficient (Wildman–Crippen LogP) is 10.0. The molecule has 0 heterocycles. The summed E-state index contributed by atoms with van der Waals surface area (Å²) in [6, 6.07) is 45.1. The molecule has 0 spiro atoms. The lowest BCUT2D eigenvalue weighted by atomic mass is 9.84. The van der Waals surface area contributed by atoms with Crippen molar-refractivity contribution in [2.24, 2.45) is 5.92 Å². The van der Waals surface area contributed by atoms with E-state index in [0.717, 1.165) is 71.0 Å².